The van der Waals surface area contributed by atoms with Gasteiger partial charge >= 0.3 is 6.03 Å². The Balaban J connectivity index is 1.45. The zero-order valence-corrected chi connectivity index (χ0v) is 15.2. The number of aromatic nitrogens is 2. The predicted octanol–water partition coefficient (Wildman–Crippen LogP) is 3.01. The molecule has 0 aliphatic carbocycles. The van der Waals surface area contributed by atoms with Crippen LogP contribution in [0.4, 0.5) is 22.1 Å². The third-order valence-corrected chi connectivity index (χ3v) is 4.25. The number of carbonyl (C=O) groups is 1. The maximum absolute atomic E-state index is 11.9. The van der Waals surface area contributed by atoms with E-state index in [4.69, 9.17) is 0 Å². The van der Waals surface area contributed by atoms with Crippen LogP contribution in [0.2, 0.25) is 0 Å². The summed E-state index contributed by atoms with van der Waals surface area (Å²) < 4.78 is 0. The Hall–Kier alpha value is -2.83. The number of piperidine rings is 1. The number of carbonyl (C=O) groups excluding carboxylic acids is 1. The molecular formula is C19H26N6O. The number of urea groups is 1. The van der Waals surface area contributed by atoms with Gasteiger partial charge in [0.05, 0.1) is 0 Å². The Morgan fingerprint density at radius 1 is 1.08 bits per heavy atom. The summed E-state index contributed by atoms with van der Waals surface area (Å²) in [6.45, 7) is 5.11. The molecule has 1 saturated heterocycles. The van der Waals surface area contributed by atoms with Gasteiger partial charge in [-0.1, -0.05) is 18.2 Å². The fourth-order valence-electron chi connectivity index (χ4n) is 2.99. The normalized spacial score (nSPS) is 14.0. The highest BCUT2D eigenvalue weighted by molar-refractivity contribution is 5.89. The summed E-state index contributed by atoms with van der Waals surface area (Å²) in [5.41, 5.74) is 0.774. The van der Waals surface area contributed by atoms with Crippen LogP contribution >= 0.6 is 0 Å². The van der Waals surface area contributed by atoms with Crippen LogP contribution in [0.15, 0.2) is 36.4 Å². The number of hydrogen-bond acceptors (Lipinski definition) is 5. The quantitative estimate of drug-likeness (QED) is 0.695. The van der Waals surface area contributed by atoms with Crippen molar-refractivity contribution in [2.45, 2.75) is 26.2 Å². The Bertz CT molecular complexity index is 715. The molecule has 1 aliphatic heterocycles. The molecule has 138 valence electrons. The lowest BCUT2D eigenvalue weighted by Gasteiger charge is -2.28. The van der Waals surface area contributed by atoms with Crippen LogP contribution in [0.5, 0.6) is 0 Å². The zero-order chi connectivity index (χ0) is 18.2. The van der Waals surface area contributed by atoms with E-state index in [0.29, 0.717) is 13.1 Å². The summed E-state index contributed by atoms with van der Waals surface area (Å²) >= 11 is 0. The molecule has 3 N–H and O–H groups in total. The predicted molar refractivity (Wildman–Crippen MR) is 105 cm³/mol. The van der Waals surface area contributed by atoms with E-state index < -0.39 is 0 Å². The summed E-state index contributed by atoms with van der Waals surface area (Å²) in [4.78, 5) is 23.2. The maximum atomic E-state index is 11.9. The number of anilines is 3. The number of hydrogen-bond donors (Lipinski definition) is 3. The molecule has 7 nitrogen and oxygen atoms in total. The smallest absolute Gasteiger partial charge is 0.319 e. The number of para-hydroxylation sites is 1. The van der Waals surface area contributed by atoms with E-state index in [1.54, 1.807) is 0 Å². The lowest BCUT2D eigenvalue weighted by Crippen LogP contribution is -2.33. The molecule has 0 atom stereocenters. The minimum absolute atomic E-state index is 0.217. The number of aryl methyl sites for hydroxylation is 1. The third kappa shape index (κ3) is 5.34. The number of amides is 2. The van der Waals surface area contributed by atoms with Crippen LogP contribution in [0.1, 0.15) is 25.1 Å². The second-order valence-electron chi connectivity index (χ2n) is 6.38. The van der Waals surface area contributed by atoms with Gasteiger partial charge in [0.2, 0.25) is 0 Å². The van der Waals surface area contributed by atoms with Crippen LogP contribution < -0.4 is 20.9 Å². The van der Waals surface area contributed by atoms with Gasteiger partial charge in [0.15, 0.2) is 0 Å². The topological polar surface area (TPSA) is 82.2 Å². The molecule has 26 heavy (non-hydrogen) atoms. The Morgan fingerprint density at radius 3 is 2.62 bits per heavy atom. The first-order valence-corrected chi connectivity index (χ1v) is 9.15. The molecule has 1 aromatic carbocycles. The van der Waals surface area contributed by atoms with E-state index in [-0.39, 0.29) is 6.03 Å². The van der Waals surface area contributed by atoms with Crippen molar-refractivity contribution >= 4 is 23.4 Å². The standard InChI is InChI=1S/C19H26N6O/c1-15-22-17(14-18(23-15)25-12-6-3-7-13-25)20-10-11-21-19(26)24-16-8-4-2-5-9-16/h2,4-5,8-9,14H,3,6-7,10-13H2,1H3,(H,20,22,23)(H2,21,24,26). The first-order valence-electron chi connectivity index (χ1n) is 9.15. The molecule has 1 aliphatic rings. The second-order valence-corrected chi connectivity index (χ2v) is 6.38. The van der Waals surface area contributed by atoms with Crippen LogP contribution in [0.25, 0.3) is 0 Å². The average Bonchev–Trinajstić information content (AvgIpc) is 2.66. The van der Waals surface area contributed by atoms with Crippen molar-refractivity contribution < 1.29 is 4.79 Å². The molecule has 2 amide bonds. The molecule has 2 heterocycles. The van der Waals surface area contributed by atoms with Crippen molar-refractivity contribution in [3.05, 3.63) is 42.2 Å². The number of benzene rings is 1. The molecule has 3 rings (SSSR count). The van der Waals surface area contributed by atoms with E-state index in [2.05, 4.69) is 30.8 Å². The van der Waals surface area contributed by atoms with E-state index in [1.807, 2.05) is 43.3 Å². The van der Waals surface area contributed by atoms with Crippen molar-refractivity contribution in [1.29, 1.82) is 0 Å². The maximum Gasteiger partial charge on any atom is 0.319 e. The van der Waals surface area contributed by atoms with Crippen molar-refractivity contribution in [1.82, 2.24) is 15.3 Å². The van der Waals surface area contributed by atoms with Crippen LogP contribution in [0, 0.1) is 6.92 Å². The lowest BCUT2D eigenvalue weighted by atomic mass is 10.1. The number of rotatable bonds is 6. The molecule has 0 saturated carbocycles. The van der Waals surface area contributed by atoms with Gasteiger partial charge in [0.25, 0.3) is 0 Å². The summed E-state index contributed by atoms with van der Waals surface area (Å²) in [7, 11) is 0. The van der Waals surface area contributed by atoms with E-state index in [9.17, 15) is 4.79 Å². The highest BCUT2D eigenvalue weighted by Gasteiger charge is 2.13. The fourth-order valence-corrected chi connectivity index (χ4v) is 2.99. The fraction of sp³-hybridized carbons (Fsp3) is 0.421. The molecular weight excluding hydrogens is 328 g/mol. The Labute approximate surface area is 154 Å². The van der Waals surface area contributed by atoms with Gasteiger partial charge in [0, 0.05) is 37.9 Å². The molecule has 2 aromatic rings. The summed E-state index contributed by atoms with van der Waals surface area (Å²) in [6, 6.07) is 11.2. The van der Waals surface area contributed by atoms with Gasteiger partial charge in [-0.05, 0) is 38.3 Å². The van der Waals surface area contributed by atoms with Gasteiger partial charge in [0.1, 0.15) is 17.5 Å². The molecule has 7 heteroatoms. The molecule has 0 unspecified atom stereocenters. The van der Waals surface area contributed by atoms with Crippen molar-refractivity contribution in [2.75, 3.05) is 41.7 Å². The minimum Gasteiger partial charge on any atom is -0.368 e. The minimum atomic E-state index is -0.217. The Kier molecular flexibility index (Phi) is 6.24. The first kappa shape index (κ1) is 18.0. The van der Waals surface area contributed by atoms with Gasteiger partial charge in [-0.3, -0.25) is 0 Å². The molecule has 1 aromatic heterocycles. The van der Waals surface area contributed by atoms with E-state index >= 15 is 0 Å². The molecule has 0 bridgehead atoms. The summed E-state index contributed by atoms with van der Waals surface area (Å²) in [5.74, 6) is 2.53. The number of nitrogens with one attached hydrogen (secondary N) is 3. The summed E-state index contributed by atoms with van der Waals surface area (Å²) in [6.07, 6.45) is 3.72. The largest absolute Gasteiger partial charge is 0.368 e. The van der Waals surface area contributed by atoms with Crippen LogP contribution in [0.3, 0.4) is 0 Å². The van der Waals surface area contributed by atoms with Gasteiger partial charge in [-0.2, -0.15) is 0 Å². The Morgan fingerprint density at radius 2 is 1.85 bits per heavy atom. The van der Waals surface area contributed by atoms with Gasteiger partial charge in [-0.25, -0.2) is 14.8 Å². The first-order chi connectivity index (χ1) is 12.7. The average molecular weight is 354 g/mol. The van der Waals surface area contributed by atoms with Gasteiger partial charge < -0.3 is 20.9 Å². The van der Waals surface area contributed by atoms with Crippen LogP contribution in [-0.4, -0.2) is 42.2 Å². The second kappa shape index (κ2) is 9.03. The van der Waals surface area contributed by atoms with E-state index in [0.717, 1.165) is 36.2 Å². The highest BCUT2D eigenvalue weighted by Crippen LogP contribution is 2.20. The highest BCUT2D eigenvalue weighted by atomic mass is 16.2. The lowest BCUT2D eigenvalue weighted by molar-refractivity contribution is 0.252. The third-order valence-electron chi connectivity index (χ3n) is 4.25. The van der Waals surface area contributed by atoms with Crippen molar-refractivity contribution in [2.24, 2.45) is 0 Å². The molecule has 0 spiro atoms. The van der Waals surface area contributed by atoms with Crippen molar-refractivity contribution in [3.8, 4) is 0 Å². The van der Waals surface area contributed by atoms with Crippen molar-refractivity contribution in [3.63, 3.8) is 0 Å². The molecule has 1 fully saturated rings. The molecule has 0 radical (unpaired) electrons. The zero-order valence-electron chi connectivity index (χ0n) is 15.2. The monoisotopic (exact) mass is 354 g/mol. The van der Waals surface area contributed by atoms with Gasteiger partial charge in [-0.15, -0.1) is 0 Å². The SMILES string of the molecule is Cc1nc(NCCNC(=O)Nc2ccccc2)cc(N2CCCCC2)n1. The van der Waals surface area contributed by atoms with E-state index in [1.165, 1.54) is 19.3 Å². The number of nitrogens with zero attached hydrogens (tertiary/aromatic N) is 3. The summed E-state index contributed by atoms with van der Waals surface area (Å²) in [5, 5.41) is 8.88. The van der Waals surface area contributed by atoms with Crippen LogP contribution in [-0.2, 0) is 0 Å².